The Morgan fingerprint density at radius 1 is 0.889 bits per heavy atom. The van der Waals surface area contributed by atoms with Gasteiger partial charge in [-0.15, -0.1) is 0 Å². The van der Waals surface area contributed by atoms with E-state index in [4.69, 9.17) is 0 Å². The van der Waals surface area contributed by atoms with E-state index in [1.54, 1.807) is 0 Å². The van der Waals surface area contributed by atoms with Crippen molar-refractivity contribution in [1.82, 2.24) is 10.6 Å². The highest BCUT2D eigenvalue weighted by molar-refractivity contribution is 4.93. The number of hydrogen-bond acceptors (Lipinski definition) is 2. The first-order valence-electron chi connectivity index (χ1n) is 3.93. The van der Waals surface area contributed by atoms with E-state index in [-0.39, 0.29) is 0 Å². The molecule has 0 bridgehead atoms. The largest absolute Gasteiger partial charge is 0.312 e. The molecule has 2 rings (SSSR count). The lowest BCUT2D eigenvalue weighted by Gasteiger charge is -2.35. The summed E-state index contributed by atoms with van der Waals surface area (Å²) in [5.74, 6) is 0. The molecule has 0 spiro atoms. The van der Waals surface area contributed by atoms with Crippen LogP contribution in [0.15, 0.2) is 0 Å². The molecule has 1 saturated carbocycles. The minimum Gasteiger partial charge on any atom is -0.312 e. The fourth-order valence-corrected chi connectivity index (χ4v) is 1.65. The summed E-state index contributed by atoms with van der Waals surface area (Å²) in [6, 6.07) is 1.62. The van der Waals surface area contributed by atoms with Crippen molar-refractivity contribution in [3.63, 3.8) is 0 Å². The van der Waals surface area contributed by atoms with Crippen molar-refractivity contribution in [2.24, 2.45) is 0 Å². The van der Waals surface area contributed by atoms with Gasteiger partial charge in [-0.3, -0.25) is 0 Å². The van der Waals surface area contributed by atoms with Crippen molar-refractivity contribution in [2.45, 2.75) is 31.3 Å². The van der Waals surface area contributed by atoms with Crippen molar-refractivity contribution in [1.29, 1.82) is 0 Å². The van der Waals surface area contributed by atoms with Crippen LogP contribution in [0.5, 0.6) is 0 Å². The van der Waals surface area contributed by atoms with Gasteiger partial charge < -0.3 is 10.6 Å². The third-order valence-corrected chi connectivity index (χ3v) is 2.44. The Hall–Kier alpha value is -0.0800. The van der Waals surface area contributed by atoms with Gasteiger partial charge in [-0.2, -0.15) is 0 Å². The van der Waals surface area contributed by atoms with E-state index in [9.17, 15) is 0 Å². The van der Waals surface area contributed by atoms with E-state index >= 15 is 0 Å². The van der Waals surface area contributed by atoms with E-state index in [2.05, 4.69) is 10.6 Å². The summed E-state index contributed by atoms with van der Waals surface area (Å²) in [5, 5.41) is 7.04. The van der Waals surface area contributed by atoms with Gasteiger partial charge in [0.2, 0.25) is 0 Å². The van der Waals surface area contributed by atoms with Gasteiger partial charge in [0, 0.05) is 12.1 Å². The van der Waals surface area contributed by atoms with Crippen LogP contribution >= 0.6 is 0 Å². The predicted molar refractivity (Wildman–Crippen MR) is 37.4 cm³/mol. The second kappa shape index (κ2) is 2.27. The van der Waals surface area contributed by atoms with Gasteiger partial charge >= 0.3 is 0 Å². The number of rotatable bonds is 0. The molecule has 1 saturated heterocycles. The Morgan fingerprint density at radius 3 is 1.89 bits per heavy atom. The molecule has 1 heterocycles. The molecule has 9 heavy (non-hydrogen) atoms. The van der Waals surface area contributed by atoms with Crippen LogP contribution in [-0.2, 0) is 0 Å². The van der Waals surface area contributed by atoms with Crippen LogP contribution in [-0.4, -0.2) is 25.2 Å². The van der Waals surface area contributed by atoms with E-state index < -0.39 is 0 Å². The fraction of sp³-hybridized carbons (Fsp3) is 1.00. The van der Waals surface area contributed by atoms with E-state index in [0.717, 1.165) is 12.1 Å². The molecule has 2 aliphatic rings. The van der Waals surface area contributed by atoms with Gasteiger partial charge in [-0.25, -0.2) is 0 Å². The van der Waals surface area contributed by atoms with Crippen LogP contribution < -0.4 is 10.6 Å². The molecule has 0 aromatic heterocycles. The Balaban J connectivity index is 1.90. The summed E-state index contributed by atoms with van der Waals surface area (Å²) in [7, 11) is 0. The quantitative estimate of drug-likeness (QED) is 0.481. The lowest BCUT2D eigenvalue weighted by atomic mass is 9.87. The summed E-state index contributed by atoms with van der Waals surface area (Å²) in [6.07, 6.45) is 4.07. The van der Waals surface area contributed by atoms with E-state index in [1.807, 2.05) is 0 Å². The lowest BCUT2D eigenvalue weighted by Crippen LogP contribution is -2.52. The molecule has 2 N–H and O–H groups in total. The molecule has 2 fully saturated rings. The summed E-state index contributed by atoms with van der Waals surface area (Å²) >= 11 is 0. The molecule has 0 amide bonds. The Morgan fingerprint density at radius 2 is 1.44 bits per heavy atom. The summed E-state index contributed by atoms with van der Waals surface area (Å²) in [6.45, 7) is 2.43. The molecule has 0 aromatic rings. The molecule has 1 aliphatic heterocycles. The van der Waals surface area contributed by atoms with Gasteiger partial charge in [-0.1, -0.05) is 0 Å². The first-order chi connectivity index (χ1) is 4.47. The maximum Gasteiger partial charge on any atom is 0.0221 e. The molecule has 1 aliphatic carbocycles. The first kappa shape index (κ1) is 5.69. The number of nitrogens with one attached hydrogen (secondary N) is 2. The van der Waals surface area contributed by atoms with Crippen LogP contribution in [0.4, 0.5) is 0 Å². The predicted octanol–water partition coefficient (Wildman–Crippen LogP) is 0.100. The third-order valence-electron chi connectivity index (χ3n) is 2.44. The minimum absolute atomic E-state index is 0.812. The SMILES string of the molecule is C1CNC2CCC2NC1. The number of hydrogen-bond donors (Lipinski definition) is 2. The molecule has 2 nitrogen and oxygen atoms in total. The van der Waals surface area contributed by atoms with E-state index in [1.165, 1.54) is 32.4 Å². The van der Waals surface area contributed by atoms with Crippen LogP contribution in [0.3, 0.4) is 0 Å². The van der Waals surface area contributed by atoms with Crippen LogP contribution in [0.25, 0.3) is 0 Å². The van der Waals surface area contributed by atoms with Gasteiger partial charge in [0.1, 0.15) is 0 Å². The number of fused-ring (bicyclic) bond motifs is 1. The molecule has 0 aromatic carbocycles. The van der Waals surface area contributed by atoms with Gasteiger partial charge in [0.05, 0.1) is 0 Å². The van der Waals surface area contributed by atoms with Crippen LogP contribution in [0.1, 0.15) is 19.3 Å². The summed E-state index contributed by atoms with van der Waals surface area (Å²) in [5.41, 5.74) is 0. The van der Waals surface area contributed by atoms with Gasteiger partial charge in [0.25, 0.3) is 0 Å². The third kappa shape index (κ3) is 0.970. The van der Waals surface area contributed by atoms with Gasteiger partial charge in [-0.05, 0) is 32.4 Å². The average molecular weight is 126 g/mol. The van der Waals surface area contributed by atoms with Crippen molar-refractivity contribution in [3.05, 3.63) is 0 Å². The summed E-state index contributed by atoms with van der Waals surface area (Å²) < 4.78 is 0. The zero-order valence-electron chi connectivity index (χ0n) is 5.69. The topological polar surface area (TPSA) is 24.1 Å². The standard InChI is InChI=1S/C7H14N2/c1-4-8-6-2-3-7(6)9-5-1/h6-9H,1-5H2. The molecular weight excluding hydrogens is 112 g/mol. The summed E-state index contributed by atoms with van der Waals surface area (Å²) in [4.78, 5) is 0. The van der Waals surface area contributed by atoms with Gasteiger partial charge in [0.15, 0.2) is 0 Å². The molecule has 2 heteroatoms. The van der Waals surface area contributed by atoms with Crippen molar-refractivity contribution in [3.8, 4) is 0 Å². The van der Waals surface area contributed by atoms with Crippen molar-refractivity contribution in [2.75, 3.05) is 13.1 Å². The second-order valence-electron chi connectivity index (χ2n) is 3.05. The fourth-order valence-electron chi connectivity index (χ4n) is 1.65. The highest BCUT2D eigenvalue weighted by Gasteiger charge is 2.30. The minimum atomic E-state index is 0.812. The Bertz CT molecular complexity index is 91.1. The molecule has 52 valence electrons. The maximum absolute atomic E-state index is 3.52. The van der Waals surface area contributed by atoms with E-state index in [0.29, 0.717) is 0 Å². The zero-order valence-corrected chi connectivity index (χ0v) is 5.69. The monoisotopic (exact) mass is 126 g/mol. The van der Waals surface area contributed by atoms with Crippen LogP contribution in [0, 0.1) is 0 Å². The highest BCUT2D eigenvalue weighted by Crippen LogP contribution is 2.20. The average Bonchev–Trinajstić information content (AvgIpc) is 1.94. The molecular formula is C7H14N2. The molecule has 0 radical (unpaired) electrons. The van der Waals surface area contributed by atoms with Crippen molar-refractivity contribution >= 4 is 0 Å². The Labute approximate surface area is 56.0 Å². The zero-order chi connectivity index (χ0) is 6.10. The Kier molecular flexibility index (Phi) is 1.44. The maximum atomic E-state index is 3.52. The van der Waals surface area contributed by atoms with Crippen molar-refractivity contribution < 1.29 is 0 Å². The second-order valence-corrected chi connectivity index (χ2v) is 3.05. The highest BCUT2D eigenvalue weighted by atomic mass is 15.1. The lowest BCUT2D eigenvalue weighted by molar-refractivity contribution is 0.264. The first-order valence-corrected chi connectivity index (χ1v) is 3.93. The van der Waals surface area contributed by atoms with Crippen LogP contribution in [0.2, 0.25) is 0 Å². The smallest absolute Gasteiger partial charge is 0.0221 e. The molecule has 2 unspecified atom stereocenters. The normalized spacial score (nSPS) is 42.7. The molecule has 2 atom stereocenters.